The predicted molar refractivity (Wildman–Crippen MR) is 184 cm³/mol. The molecule has 2 fully saturated rings. The van der Waals surface area contributed by atoms with Crippen LogP contribution in [-0.2, 0) is 9.59 Å². The van der Waals surface area contributed by atoms with E-state index in [0.717, 1.165) is 38.8 Å². The molecule has 45 heavy (non-hydrogen) atoms. The van der Waals surface area contributed by atoms with E-state index in [1.165, 1.54) is 0 Å². The van der Waals surface area contributed by atoms with Crippen LogP contribution in [0.25, 0.3) is 0 Å². The first kappa shape index (κ1) is 36.9. The predicted octanol–water partition coefficient (Wildman–Crippen LogP) is 4.06. The first-order chi connectivity index (χ1) is 20.8. The first-order valence-corrected chi connectivity index (χ1v) is 17.1. The van der Waals surface area contributed by atoms with Gasteiger partial charge in [0.25, 0.3) is 0 Å². The number of carbonyl (C=O) groups is 2. The van der Waals surface area contributed by atoms with Crippen molar-refractivity contribution >= 4 is 23.7 Å². The molecule has 2 amide bonds. The summed E-state index contributed by atoms with van der Waals surface area (Å²) >= 11 is 0. The molecule has 2 aliphatic rings. The van der Waals surface area contributed by atoms with Gasteiger partial charge in [0, 0.05) is 63.4 Å². The zero-order valence-electron chi connectivity index (χ0n) is 30.8. The number of aromatic nitrogens is 3. The molecule has 0 saturated carbocycles. The van der Waals surface area contributed by atoms with Crippen molar-refractivity contribution < 1.29 is 9.59 Å². The molecule has 11 heteroatoms. The molecule has 256 valence electrons. The van der Waals surface area contributed by atoms with E-state index in [9.17, 15) is 9.59 Å². The van der Waals surface area contributed by atoms with E-state index >= 15 is 0 Å². The highest BCUT2D eigenvalue weighted by molar-refractivity contribution is 5.87. The number of hydrogen-bond acceptors (Lipinski definition) is 9. The summed E-state index contributed by atoms with van der Waals surface area (Å²) in [6, 6.07) is 0. The van der Waals surface area contributed by atoms with E-state index in [-0.39, 0.29) is 22.9 Å². The number of carbonyl (C=O) groups excluding carboxylic acids is 2. The van der Waals surface area contributed by atoms with Gasteiger partial charge in [-0.3, -0.25) is 19.4 Å². The fourth-order valence-corrected chi connectivity index (χ4v) is 6.77. The second-order valence-electron chi connectivity index (χ2n) is 15.5. The SMILES string of the molecule is CCCCN(CCN1CC(C)(C)N(C)C(C)(C)C1=O)c1nc(C)nc(N(CCCC)CCN2CC(C)(C)N(C)C(C)(C)C2=O)n1. The summed E-state index contributed by atoms with van der Waals surface area (Å²) in [4.78, 5) is 54.5. The molecule has 0 spiro atoms. The van der Waals surface area contributed by atoms with Crippen molar-refractivity contribution in [1.82, 2.24) is 34.6 Å². The van der Waals surface area contributed by atoms with Crippen molar-refractivity contribution in [2.75, 3.05) is 76.3 Å². The van der Waals surface area contributed by atoms with Crippen molar-refractivity contribution in [3.63, 3.8) is 0 Å². The maximum atomic E-state index is 13.5. The average Bonchev–Trinajstić information content (AvgIpc) is 2.96. The average molecular weight is 630 g/mol. The van der Waals surface area contributed by atoms with Gasteiger partial charge in [-0.15, -0.1) is 0 Å². The minimum absolute atomic E-state index is 0.127. The number of aryl methyl sites for hydroxylation is 1. The quantitative estimate of drug-likeness (QED) is 0.302. The Bertz CT molecular complexity index is 1100. The maximum absolute atomic E-state index is 13.5. The molecule has 3 rings (SSSR count). The van der Waals surface area contributed by atoms with Crippen LogP contribution in [0.3, 0.4) is 0 Å². The van der Waals surface area contributed by atoms with Gasteiger partial charge in [0.1, 0.15) is 5.82 Å². The zero-order valence-corrected chi connectivity index (χ0v) is 30.8. The van der Waals surface area contributed by atoms with E-state index < -0.39 is 11.1 Å². The molecule has 0 bridgehead atoms. The summed E-state index contributed by atoms with van der Waals surface area (Å²) in [7, 11) is 4.09. The second kappa shape index (κ2) is 14.1. The molecule has 11 nitrogen and oxygen atoms in total. The minimum atomic E-state index is -0.567. The number of likely N-dealkylation sites (N-methyl/N-ethyl adjacent to an activating group) is 2. The first-order valence-electron chi connectivity index (χ1n) is 17.1. The number of unbranched alkanes of at least 4 members (excludes halogenated alkanes) is 2. The Hall–Kier alpha value is -2.53. The standard InChI is InChI=1S/C34H63N9O2/c1-14-16-18-40(20-22-42-24-31(4,5)38(12)33(8,9)27(42)44)29-35-26(3)36-30(37-29)41(19-17-15-2)21-23-43-25-32(6,7)39(13)34(10,11)28(43)45/h14-25H2,1-13H3. The fraction of sp³-hybridized carbons (Fsp3) is 0.853. The van der Waals surface area contributed by atoms with E-state index in [2.05, 4.69) is 61.1 Å². The highest BCUT2D eigenvalue weighted by atomic mass is 16.2. The van der Waals surface area contributed by atoms with Crippen molar-refractivity contribution in [2.45, 2.75) is 124 Å². The van der Waals surface area contributed by atoms with Gasteiger partial charge >= 0.3 is 0 Å². The van der Waals surface area contributed by atoms with Gasteiger partial charge in [0.05, 0.1) is 11.1 Å². The Kier molecular flexibility index (Phi) is 11.6. The topological polar surface area (TPSA) is 92.3 Å². The molecule has 0 radical (unpaired) electrons. The highest BCUT2D eigenvalue weighted by Gasteiger charge is 2.49. The second-order valence-corrected chi connectivity index (χ2v) is 15.5. The largest absolute Gasteiger partial charge is 0.339 e. The van der Waals surface area contributed by atoms with Crippen LogP contribution in [0, 0.1) is 6.92 Å². The van der Waals surface area contributed by atoms with E-state index in [4.69, 9.17) is 15.0 Å². The normalized spacial score (nSPS) is 21.4. The molecule has 2 aliphatic heterocycles. The minimum Gasteiger partial charge on any atom is -0.339 e. The van der Waals surface area contributed by atoms with Crippen LogP contribution >= 0.6 is 0 Å². The van der Waals surface area contributed by atoms with Gasteiger partial charge in [0.15, 0.2) is 0 Å². The van der Waals surface area contributed by atoms with Gasteiger partial charge in [0.2, 0.25) is 23.7 Å². The summed E-state index contributed by atoms with van der Waals surface area (Å²) in [5.74, 6) is 2.30. The number of rotatable bonds is 14. The molecule has 0 atom stereocenters. The molecule has 0 aromatic carbocycles. The lowest BCUT2D eigenvalue weighted by atomic mass is 9.87. The number of amides is 2. The number of piperazine rings is 2. The van der Waals surface area contributed by atoms with Crippen molar-refractivity contribution in [1.29, 1.82) is 0 Å². The maximum Gasteiger partial charge on any atom is 0.242 e. The molecule has 0 aliphatic carbocycles. The lowest BCUT2D eigenvalue weighted by Crippen LogP contribution is -2.70. The third-order valence-electron chi connectivity index (χ3n) is 10.4. The van der Waals surface area contributed by atoms with Crippen LogP contribution in [0.15, 0.2) is 0 Å². The molecule has 1 aromatic heterocycles. The number of anilines is 2. The smallest absolute Gasteiger partial charge is 0.242 e. The lowest BCUT2D eigenvalue weighted by Gasteiger charge is -2.53. The summed E-state index contributed by atoms with van der Waals surface area (Å²) in [6.07, 6.45) is 4.11. The highest BCUT2D eigenvalue weighted by Crippen LogP contribution is 2.33. The van der Waals surface area contributed by atoms with Gasteiger partial charge in [-0.25, -0.2) is 0 Å². The molecule has 2 saturated heterocycles. The number of hydrogen-bond donors (Lipinski definition) is 0. The van der Waals surface area contributed by atoms with E-state index in [1.54, 1.807) is 0 Å². The van der Waals surface area contributed by atoms with Gasteiger partial charge in [-0.1, -0.05) is 26.7 Å². The van der Waals surface area contributed by atoms with E-state index in [0.29, 0.717) is 57.0 Å². The van der Waals surface area contributed by atoms with Crippen LogP contribution < -0.4 is 9.80 Å². The third kappa shape index (κ3) is 8.07. The van der Waals surface area contributed by atoms with Crippen LogP contribution in [0.1, 0.15) is 101 Å². The van der Waals surface area contributed by atoms with Gasteiger partial charge < -0.3 is 19.6 Å². The Labute approximate surface area is 273 Å². The molecular formula is C34H63N9O2. The summed E-state index contributed by atoms with van der Waals surface area (Å²) in [6.45, 7) is 28.7. The van der Waals surface area contributed by atoms with Crippen molar-refractivity contribution in [2.24, 2.45) is 0 Å². The molecule has 0 unspecified atom stereocenters. The zero-order chi connectivity index (χ0) is 34.0. The fourth-order valence-electron chi connectivity index (χ4n) is 6.77. The Balaban J connectivity index is 1.85. The van der Waals surface area contributed by atoms with Crippen LogP contribution in [-0.4, -0.2) is 135 Å². The van der Waals surface area contributed by atoms with E-state index in [1.807, 2.05) is 58.5 Å². The van der Waals surface area contributed by atoms with Crippen molar-refractivity contribution in [3.05, 3.63) is 5.82 Å². The molecule has 0 N–H and O–H groups in total. The van der Waals surface area contributed by atoms with Crippen LogP contribution in [0.5, 0.6) is 0 Å². The monoisotopic (exact) mass is 630 g/mol. The van der Waals surface area contributed by atoms with Crippen LogP contribution in [0.2, 0.25) is 0 Å². The summed E-state index contributed by atoms with van der Waals surface area (Å²) < 4.78 is 0. The lowest BCUT2D eigenvalue weighted by molar-refractivity contribution is -0.157. The van der Waals surface area contributed by atoms with Crippen molar-refractivity contribution in [3.8, 4) is 0 Å². The summed E-state index contributed by atoms with van der Waals surface area (Å²) in [5.41, 5.74) is -1.39. The molecule has 1 aromatic rings. The van der Waals surface area contributed by atoms with Crippen LogP contribution in [0.4, 0.5) is 11.9 Å². The molecular weight excluding hydrogens is 566 g/mol. The molecule has 3 heterocycles. The number of nitrogens with zero attached hydrogens (tertiary/aromatic N) is 9. The summed E-state index contributed by atoms with van der Waals surface area (Å²) in [5, 5.41) is 0. The Morgan fingerprint density at radius 3 is 1.31 bits per heavy atom. The van der Waals surface area contributed by atoms with Gasteiger partial charge in [-0.2, -0.15) is 15.0 Å². The Morgan fingerprint density at radius 2 is 0.978 bits per heavy atom. The Morgan fingerprint density at radius 1 is 0.622 bits per heavy atom. The third-order valence-corrected chi connectivity index (χ3v) is 10.4. The van der Waals surface area contributed by atoms with Gasteiger partial charge in [-0.05, 0) is 89.3 Å².